The Morgan fingerprint density at radius 3 is 2.63 bits per heavy atom. The number of Topliss-reactive ketones (excluding diaryl/α,β-unsaturated/α-hetero) is 1. The molecule has 0 saturated carbocycles. The van der Waals surface area contributed by atoms with Gasteiger partial charge in [0.2, 0.25) is 11.8 Å². The standard InChI is InChI=1S/C23H18FNO5/c1-9-7-16(26)19-14(20(9)27)8-13-10(5-6-12-18(13)23(30)25-22(12)29)17(19)11-3-2-4-15(24)21(11)28/h2-5,7,12-13,17-18,28H,6,8H2,1H3,(H,25,29,30). The molecule has 152 valence electrons. The largest absolute Gasteiger partial charge is 0.505 e. The zero-order chi connectivity index (χ0) is 21.3. The molecule has 2 N–H and O–H groups in total. The molecule has 2 amide bonds. The van der Waals surface area contributed by atoms with Crippen LogP contribution >= 0.6 is 0 Å². The molecule has 4 aliphatic rings. The quantitative estimate of drug-likeness (QED) is 0.423. The number of nitrogens with one attached hydrogen (secondary N) is 1. The number of halogens is 1. The van der Waals surface area contributed by atoms with E-state index in [2.05, 4.69) is 5.32 Å². The van der Waals surface area contributed by atoms with Crippen LogP contribution in [-0.4, -0.2) is 28.5 Å². The van der Waals surface area contributed by atoms with Gasteiger partial charge in [-0.05, 0) is 37.8 Å². The van der Waals surface area contributed by atoms with Crippen molar-refractivity contribution in [2.75, 3.05) is 0 Å². The fraction of sp³-hybridized carbons (Fsp3) is 0.304. The van der Waals surface area contributed by atoms with Gasteiger partial charge in [0, 0.05) is 28.2 Å². The molecule has 4 atom stereocenters. The minimum atomic E-state index is -0.847. The van der Waals surface area contributed by atoms with E-state index in [4.69, 9.17) is 0 Å². The number of phenols is 1. The summed E-state index contributed by atoms with van der Waals surface area (Å²) in [6.45, 7) is 1.56. The summed E-state index contributed by atoms with van der Waals surface area (Å²) in [5.41, 5.74) is 1.65. The minimum absolute atomic E-state index is 0.158. The number of aromatic hydroxyl groups is 1. The highest BCUT2D eigenvalue weighted by molar-refractivity contribution is 6.23. The van der Waals surface area contributed by atoms with Crippen LogP contribution in [0.4, 0.5) is 4.39 Å². The molecule has 0 bridgehead atoms. The van der Waals surface area contributed by atoms with Gasteiger partial charge >= 0.3 is 0 Å². The highest BCUT2D eigenvalue weighted by Crippen LogP contribution is 2.55. The van der Waals surface area contributed by atoms with Crippen molar-refractivity contribution in [2.24, 2.45) is 17.8 Å². The monoisotopic (exact) mass is 407 g/mol. The van der Waals surface area contributed by atoms with E-state index in [-0.39, 0.29) is 40.6 Å². The molecule has 5 rings (SSSR count). The smallest absolute Gasteiger partial charge is 0.231 e. The Hall–Kier alpha value is -3.35. The Bertz CT molecular complexity index is 1160. The van der Waals surface area contributed by atoms with E-state index in [1.165, 1.54) is 18.2 Å². The second kappa shape index (κ2) is 6.32. The summed E-state index contributed by atoms with van der Waals surface area (Å²) < 4.78 is 14.2. The first kappa shape index (κ1) is 18.7. The molecule has 7 heteroatoms. The number of para-hydroxylation sites is 1. The maximum absolute atomic E-state index is 14.2. The first-order valence-electron chi connectivity index (χ1n) is 9.82. The van der Waals surface area contributed by atoms with Crippen LogP contribution in [0.1, 0.15) is 31.2 Å². The Morgan fingerprint density at radius 2 is 1.87 bits per heavy atom. The average molecular weight is 407 g/mol. The van der Waals surface area contributed by atoms with Crippen LogP contribution in [0.25, 0.3) is 0 Å². The lowest BCUT2D eigenvalue weighted by atomic mass is 9.59. The number of carbonyl (C=O) groups excluding carboxylic acids is 4. The van der Waals surface area contributed by atoms with Gasteiger partial charge in [-0.2, -0.15) is 0 Å². The Balaban J connectivity index is 1.75. The lowest BCUT2D eigenvalue weighted by Gasteiger charge is -2.42. The van der Waals surface area contributed by atoms with Crippen molar-refractivity contribution in [3.8, 4) is 5.75 Å². The highest BCUT2D eigenvalue weighted by Gasteiger charge is 2.53. The van der Waals surface area contributed by atoms with E-state index in [9.17, 15) is 28.7 Å². The number of rotatable bonds is 1. The van der Waals surface area contributed by atoms with Gasteiger partial charge in [0.15, 0.2) is 23.1 Å². The lowest BCUT2D eigenvalue weighted by molar-refractivity contribution is -0.126. The van der Waals surface area contributed by atoms with Gasteiger partial charge < -0.3 is 5.11 Å². The van der Waals surface area contributed by atoms with Gasteiger partial charge in [-0.1, -0.05) is 23.8 Å². The fourth-order valence-corrected chi connectivity index (χ4v) is 5.41. The fourth-order valence-electron chi connectivity index (χ4n) is 5.41. The van der Waals surface area contributed by atoms with E-state index in [0.717, 1.165) is 6.07 Å². The van der Waals surface area contributed by atoms with Crippen molar-refractivity contribution >= 4 is 23.4 Å². The van der Waals surface area contributed by atoms with Gasteiger partial charge in [-0.3, -0.25) is 24.5 Å². The van der Waals surface area contributed by atoms with Crippen molar-refractivity contribution in [3.63, 3.8) is 0 Å². The molecule has 6 nitrogen and oxygen atoms in total. The number of phenolic OH excluding ortho intramolecular Hbond substituents is 1. The van der Waals surface area contributed by atoms with Crippen molar-refractivity contribution in [1.29, 1.82) is 0 Å². The minimum Gasteiger partial charge on any atom is -0.505 e. The third-order valence-corrected chi connectivity index (χ3v) is 6.73. The van der Waals surface area contributed by atoms with Crippen molar-refractivity contribution in [3.05, 3.63) is 64.0 Å². The molecule has 1 saturated heterocycles. The van der Waals surface area contributed by atoms with Gasteiger partial charge in [0.1, 0.15) is 0 Å². The molecule has 3 aliphatic carbocycles. The number of ketones is 2. The molecule has 1 heterocycles. The van der Waals surface area contributed by atoms with Crippen molar-refractivity contribution < 1.29 is 28.7 Å². The van der Waals surface area contributed by atoms with E-state index < -0.39 is 41.1 Å². The zero-order valence-electron chi connectivity index (χ0n) is 16.1. The van der Waals surface area contributed by atoms with Crippen LogP contribution in [0.5, 0.6) is 5.75 Å². The van der Waals surface area contributed by atoms with Gasteiger partial charge in [0.05, 0.1) is 11.8 Å². The molecule has 30 heavy (non-hydrogen) atoms. The van der Waals surface area contributed by atoms with Gasteiger partial charge in [0.25, 0.3) is 0 Å². The summed E-state index contributed by atoms with van der Waals surface area (Å²) in [5, 5.41) is 12.8. The average Bonchev–Trinajstić information content (AvgIpc) is 3.01. The summed E-state index contributed by atoms with van der Waals surface area (Å²) in [7, 11) is 0. The summed E-state index contributed by atoms with van der Waals surface area (Å²) in [5.74, 6) is -5.32. The lowest BCUT2D eigenvalue weighted by Crippen LogP contribution is -2.39. The summed E-state index contributed by atoms with van der Waals surface area (Å²) in [6.07, 6.45) is 3.54. The summed E-state index contributed by atoms with van der Waals surface area (Å²) in [4.78, 5) is 50.7. The Labute approximate surface area is 171 Å². The van der Waals surface area contributed by atoms with Crippen molar-refractivity contribution in [2.45, 2.75) is 25.7 Å². The molecule has 0 aromatic heterocycles. The first-order chi connectivity index (χ1) is 14.3. The molecule has 1 aromatic carbocycles. The van der Waals surface area contributed by atoms with Crippen LogP contribution in [-0.2, 0) is 19.2 Å². The molecule has 1 aromatic rings. The predicted molar refractivity (Wildman–Crippen MR) is 103 cm³/mol. The normalized spacial score (nSPS) is 30.3. The molecular formula is C23H18FNO5. The number of benzene rings is 1. The van der Waals surface area contributed by atoms with Crippen LogP contribution in [0.3, 0.4) is 0 Å². The van der Waals surface area contributed by atoms with Crippen LogP contribution in [0.2, 0.25) is 0 Å². The molecule has 0 spiro atoms. The van der Waals surface area contributed by atoms with E-state index >= 15 is 0 Å². The molecule has 0 radical (unpaired) electrons. The summed E-state index contributed by atoms with van der Waals surface area (Å²) >= 11 is 0. The maximum atomic E-state index is 14.2. The third-order valence-electron chi connectivity index (χ3n) is 6.73. The number of fused-ring (bicyclic) bond motifs is 3. The second-order valence-corrected chi connectivity index (χ2v) is 8.26. The number of hydrogen-bond donors (Lipinski definition) is 2. The highest BCUT2D eigenvalue weighted by atomic mass is 19.1. The van der Waals surface area contributed by atoms with E-state index in [0.29, 0.717) is 17.6 Å². The predicted octanol–water partition coefficient (Wildman–Crippen LogP) is 2.25. The first-order valence-corrected chi connectivity index (χ1v) is 9.82. The number of carbonyl (C=O) groups is 4. The SMILES string of the molecule is CC1=CC(=O)C2=C(CC3C(=CCC4C(=O)NC(=O)C43)C2c2cccc(F)c2O)C1=O. The van der Waals surface area contributed by atoms with Crippen LogP contribution in [0, 0.1) is 23.6 Å². The molecular weight excluding hydrogens is 389 g/mol. The Kier molecular flexibility index (Phi) is 3.93. The zero-order valence-corrected chi connectivity index (χ0v) is 16.1. The molecule has 1 fully saturated rings. The number of hydrogen-bond acceptors (Lipinski definition) is 5. The third kappa shape index (κ3) is 2.41. The number of imide groups is 1. The topological polar surface area (TPSA) is 101 Å². The number of allylic oxidation sites excluding steroid dienone is 6. The van der Waals surface area contributed by atoms with E-state index in [1.54, 1.807) is 6.92 Å². The number of amides is 2. The van der Waals surface area contributed by atoms with Gasteiger partial charge in [-0.15, -0.1) is 0 Å². The van der Waals surface area contributed by atoms with E-state index in [1.807, 2.05) is 6.08 Å². The maximum Gasteiger partial charge on any atom is 0.231 e. The van der Waals surface area contributed by atoms with Crippen LogP contribution < -0.4 is 5.32 Å². The second-order valence-electron chi connectivity index (χ2n) is 8.26. The summed E-state index contributed by atoms with van der Waals surface area (Å²) in [6, 6.07) is 4.06. The van der Waals surface area contributed by atoms with Gasteiger partial charge in [-0.25, -0.2) is 4.39 Å². The van der Waals surface area contributed by atoms with Crippen molar-refractivity contribution in [1.82, 2.24) is 5.32 Å². The molecule has 1 aliphatic heterocycles. The molecule has 4 unspecified atom stereocenters. The Morgan fingerprint density at radius 1 is 1.10 bits per heavy atom. The van der Waals surface area contributed by atoms with Crippen LogP contribution in [0.15, 0.2) is 52.6 Å².